The smallest absolute Gasteiger partial charge is 0.330 e. The minimum absolute atomic E-state index is 0.0717. The maximum absolute atomic E-state index is 10.8. The van der Waals surface area contributed by atoms with Crippen molar-refractivity contribution in [1.82, 2.24) is 0 Å². The van der Waals surface area contributed by atoms with Gasteiger partial charge in [-0.2, -0.15) is 0 Å². The normalized spacial score (nSPS) is 28.7. The maximum Gasteiger partial charge on any atom is 0.330 e. The lowest BCUT2D eigenvalue weighted by molar-refractivity contribution is -0.147. The van der Waals surface area contributed by atoms with E-state index in [-0.39, 0.29) is 24.6 Å². The molecule has 68 valence electrons. The van der Waals surface area contributed by atoms with Crippen LogP contribution in [0.25, 0.3) is 0 Å². The fourth-order valence-corrected chi connectivity index (χ4v) is 1.40. The predicted molar refractivity (Wildman–Crippen MR) is 44.5 cm³/mol. The van der Waals surface area contributed by atoms with Crippen LogP contribution in [-0.4, -0.2) is 23.8 Å². The lowest BCUT2D eigenvalue weighted by Gasteiger charge is -2.25. The van der Waals surface area contributed by atoms with E-state index < -0.39 is 0 Å². The summed E-state index contributed by atoms with van der Waals surface area (Å²) in [6, 6.07) is 0. The van der Waals surface area contributed by atoms with Gasteiger partial charge >= 0.3 is 5.97 Å². The van der Waals surface area contributed by atoms with E-state index in [1.165, 1.54) is 6.08 Å². The number of aliphatic hydroxyl groups excluding tert-OH is 1. The molecule has 1 aliphatic heterocycles. The second-order valence-electron chi connectivity index (χ2n) is 2.92. The number of hydrogen-bond acceptors (Lipinski definition) is 3. The van der Waals surface area contributed by atoms with Gasteiger partial charge in [-0.1, -0.05) is 13.0 Å². The van der Waals surface area contributed by atoms with Gasteiger partial charge < -0.3 is 9.84 Å². The summed E-state index contributed by atoms with van der Waals surface area (Å²) in [6.07, 6.45) is 4.68. The molecule has 0 amide bonds. The van der Waals surface area contributed by atoms with Crippen molar-refractivity contribution >= 4 is 5.97 Å². The molecule has 1 rings (SSSR count). The first-order chi connectivity index (χ1) is 5.77. The van der Waals surface area contributed by atoms with Gasteiger partial charge in [0, 0.05) is 25.0 Å². The van der Waals surface area contributed by atoms with Gasteiger partial charge in [0.2, 0.25) is 0 Å². The minimum Gasteiger partial charge on any atom is -0.459 e. The summed E-state index contributed by atoms with van der Waals surface area (Å²) in [5, 5.41) is 8.70. The highest BCUT2D eigenvalue weighted by Crippen LogP contribution is 2.21. The first-order valence-electron chi connectivity index (χ1n) is 4.27. The highest BCUT2D eigenvalue weighted by atomic mass is 16.5. The van der Waals surface area contributed by atoms with Gasteiger partial charge in [0.25, 0.3) is 0 Å². The summed E-state index contributed by atoms with van der Waals surface area (Å²) in [5.74, 6) is -0.0204. The zero-order valence-corrected chi connectivity index (χ0v) is 7.19. The van der Waals surface area contributed by atoms with Crippen LogP contribution in [0.3, 0.4) is 0 Å². The van der Waals surface area contributed by atoms with E-state index >= 15 is 0 Å². The molecule has 0 fully saturated rings. The summed E-state index contributed by atoms with van der Waals surface area (Å²) >= 11 is 0. The summed E-state index contributed by atoms with van der Waals surface area (Å²) in [5.41, 5.74) is 0. The number of hydrogen-bond donors (Lipinski definition) is 1. The zero-order chi connectivity index (χ0) is 8.97. The summed E-state index contributed by atoms with van der Waals surface area (Å²) in [4.78, 5) is 10.8. The van der Waals surface area contributed by atoms with Crippen LogP contribution in [0, 0.1) is 5.92 Å². The molecule has 0 aromatic heterocycles. The fraction of sp³-hybridized carbons (Fsp3) is 0.667. The quantitative estimate of drug-likeness (QED) is 0.639. The van der Waals surface area contributed by atoms with Gasteiger partial charge in [0.1, 0.15) is 6.10 Å². The molecule has 2 atom stereocenters. The molecule has 0 saturated carbocycles. The summed E-state index contributed by atoms with van der Waals surface area (Å²) in [6.45, 7) is 2.11. The van der Waals surface area contributed by atoms with Gasteiger partial charge in [0.05, 0.1) is 0 Å². The number of aliphatic hydroxyl groups is 1. The third-order valence-corrected chi connectivity index (χ3v) is 2.11. The average Bonchev–Trinajstić information content (AvgIpc) is 2.05. The van der Waals surface area contributed by atoms with Crippen molar-refractivity contribution in [2.75, 3.05) is 6.61 Å². The van der Waals surface area contributed by atoms with Crippen molar-refractivity contribution in [2.45, 2.75) is 25.9 Å². The molecule has 0 saturated heterocycles. The van der Waals surface area contributed by atoms with E-state index in [1.54, 1.807) is 0 Å². The minimum atomic E-state index is -0.293. The standard InChI is InChI=1S/C9H14O3/c1-2-7-3-4-9(11)12-8(7)5-6-10/h3-4,7-8,10H,2,5-6H2,1H3. The highest BCUT2D eigenvalue weighted by molar-refractivity contribution is 5.82. The lowest BCUT2D eigenvalue weighted by Crippen LogP contribution is -2.29. The van der Waals surface area contributed by atoms with Crippen LogP contribution < -0.4 is 0 Å². The molecule has 1 heterocycles. The number of carbonyl (C=O) groups excluding carboxylic acids is 1. The molecule has 12 heavy (non-hydrogen) atoms. The molecule has 1 aliphatic rings. The molecule has 3 heteroatoms. The third-order valence-electron chi connectivity index (χ3n) is 2.11. The molecule has 1 N–H and O–H groups in total. The average molecular weight is 170 g/mol. The number of carbonyl (C=O) groups is 1. The van der Waals surface area contributed by atoms with Gasteiger partial charge in [-0.3, -0.25) is 0 Å². The summed E-state index contributed by atoms with van der Waals surface area (Å²) < 4.78 is 5.04. The number of rotatable bonds is 3. The molecule has 0 bridgehead atoms. The third kappa shape index (κ3) is 2.08. The Morgan fingerprint density at radius 2 is 2.42 bits per heavy atom. The first-order valence-corrected chi connectivity index (χ1v) is 4.27. The molecule has 0 spiro atoms. The van der Waals surface area contributed by atoms with Crippen molar-refractivity contribution in [3.05, 3.63) is 12.2 Å². The molecule has 0 radical (unpaired) electrons. The second-order valence-corrected chi connectivity index (χ2v) is 2.92. The van der Waals surface area contributed by atoms with E-state index in [0.717, 1.165) is 6.42 Å². The van der Waals surface area contributed by atoms with Crippen LogP contribution in [0.4, 0.5) is 0 Å². The number of cyclic esters (lactones) is 1. The van der Waals surface area contributed by atoms with Crippen molar-refractivity contribution < 1.29 is 14.6 Å². The van der Waals surface area contributed by atoms with Crippen molar-refractivity contribution in [3.63, 3.8) is 0 Å². The Morgan fingerprint density at radius 1 is 1.67 bits per heavy atom. The maximum atomic E-state index is 10.8. The SMILES string of the molecule is CCC1C=CC(=O)OC1CCO. The van der Waals surface area contributed by atoms with E-state index in [9.17, 15) is 4.79 Å². The van der Waals surface area contributed by atoms with Crippen LogP contribution in [0.15, 0.2) is 12.2 Å². The Bertz CT molecular complexity index is 186. The number of esters is 1. The van der Waals surface area contributed by atoms with E-state index in [4.69, 9.17) is 9.84 Å². The molecule has 0 aromatic rings. The number of ether oxygens (including phenoxy) is 1. The van der Waals surface area contributed by atoms with Crippen molar-refractivity contribution in [3.8, 4) is 0 Å². The van der Waals surface area contributed by atoms with Gasteiger partial charge in [-0.25, -0.2) is 4.79 Å². The largest absolute Gasteiger partial charge is 0.459 e. The van der Waals surface area contributed by atoms with Crippen molar-refractivity contribution in [1.29, 1.82) is 0 Å². The van der Waals surface area contributed by atoms with Crippen LogP contribution in [0.2, 0.25) is 0 Å². The molecule has 0 aromatic carbocycles. The molecular formula is C9H14O3. The van der Waals surface area contributed by atoms with E-state index in [2.05, 4.69) is 0 Å². The molecule has 2 unspecified atom stereocenters. The van der Waals surface area contributed by atoms with E-state index in [1.807, 2.05) is 13.0 Å². The Hall–Kier alpha value is -0.830. The first kappa shape index (κ1) is 9.26. The van der Waals surface area contributed by atoms with Crippen LogP contribution in [0.1, 0.15) is 19.8 Å². The van der Waals surface area contributed by atoms with Gasteiger partial charge in [-0.15, -0.1) is 0 Å². The lowest BCUT2D eigenvalue weighted by atomic mass is 9.95. The Balaban J connectivity index is 2.58. The topological polar surface area (TPSA) is 46.5 Å². The fourth-order valence-electron chi connectivity index (χ4n) is 1.40. The predicted octanol–water partition coefficient (Wildman–Crippen LogP) is 0.877. The Morgan fingerprint density at radius 3 is 3.00 bits per heavy atom. The van der Waals surface area contributed by atoms with E-state index in [0.29, 0.717) is 6.42 Å². The molecular weight excluding hydrogens is 156 g/mol. The van der Waals surface area contributed by atoms with Gasteiger partial charge in [0.15, 0.2) is 0 Å². The molecule has 0 aliphatic carbocycles. The Kier molecular flexibility index (Phi) is 3.29. The van der Waals surface area contributed by atoms with Crippen LogP contribution in [0.5, 0.6) is 0 Å². The van der Waals surface area contributed by atoms with Crippen molar-refractivity contribution in [2.24, 2.45) is 5.92 Å². The van der Waals surface area contributed by atoms with Crippen LogP contribution in [-0.2, 0) is 9.53 Å². The zero-order valence-electron chi connectivity index (χ0n) is 7.19. The second kappa shape index (κ2) is 4.26. The summed E-state index contributed by atoms with van der Waals surface area (Å²) in [7, 11) is 0. The van der Waals surface area contributed by atoms with Crippen LogP contribution >= 0.6 is 0 Å². The highest BCUT2D eigenvalue weighted by Gasteiger charge is 2.24. The Labute approximate surface area is 72.0 Å². The van der Waals surface area contributed by atoms with Gasteiger partial charge in [-0.05, 0) is 6.42 Å². The monoisotopic (exact) mass is 170 g/mol. The molecule has 3 nitrogen and oxygen atoms in total.